The normalized spacial score (nSPS) is 16.2. The Hall–Kier alpha value is -1.34. The first-order valence-corrected chi connectivity index (χ1v) is 10.1. The molecular formula is C17H17Cl2FN2O2S. The summed E-state index contributed by atoms with van der Waals surface area (Å²) in [7, 11) is -3.52. The maximum Gasteiger partial charge on any atom is 0.218 e. The molecule has 0 saturated carbocycles. The average molecular weight is 403 g/mol. The summed E-state index contributed by atoms with van der Waals surface area (Å²) in [6.07, 6.45) is 0. The Bertz CT molecular complexity index is 831. The minimum Gasteiger partial charge on any atom is -0.369 e. The Morgan fingerprint density at radius 3 is 2.04 bits per heavy atom. The van der Waals surface area contributed by atoms with E-state index < -0.39 is 10.0 Å². The van der Waals surface area contributed by atoms with Crippen molar-refractivity contribution in [3.05, 3.63) is 63.9 Å². The largest absolute Gasteiger partial charge is 0.369 e. The number of rotatable bonds is 4. The van der Waals surface area contributed by atoms with Gasteiger partial charge in [0.25, 0.3) is 0 Å². The molecule has 1 saturated heterocycles. The maximum absolute atomic E-state index is 13.0. The summed E-state index contributed by atoms with van der Waals surface area (Å²) in [5.41, 5.74) is 1.30. The SMILES string of the molecule is O=S(=O)(Cc1c(Cl)cccc1Cl)N1CCN(c2ccc(F)cc2)CC1. The van der Waals surface area contributed by atoms with Crippen LogP contribution in [0.1, 0.15) is 5.56 Å². The molecule has 3 rings (SSSR count). The molecule has 0 spiro atoms. The van der Waals surface area contributed by atoms with E-state index in [1.54, 1.807) is 30.3 Å². The molecule has 0 aromatic heterocycles. The molecule has 0 unspecified atom stereocenters. The van der Waals surface area contributed by atoms with Crippen molar-refractivity contribution in [3.8, 4) is 0 Å². The summed E-state index contributed by atoms with van der Waals surface area (Å²) in [5, 5.41) is 0.696. The fourth-order valence-corrected chi connectivity index (χ4v) is 5.09. The number of hydrogen-bond donors (Lipinski definition) is 0. The second-order valence-electron chi connectivity index (χ2n) is 5.82. The van der Waals surface area contributed by atoms with Gasteiger partial charge in [0, 0.05) is 47.5 Å². The lowest BCUT2D eigenvalue weighted by molar-refractivity contribution is 0.384. The van der Waals surface area contributed by atoms with Gasteiger partial charge in [-0.1, -0.05) is 29.3 Å². The zero-order valence-corrected chi connectivity index (χ0v) is 15.7. The van der Waals surface area contributed by atoms with E-state index in [4.69, 9.17) is 23.2 Å². The van der Waals surface area contributed by atoms with Gasteiger partial charge in [0.2, 0.25) is 10.0 Å². The van der Waals surface area contributed by atoms with Gasteiger partial charge < -0.3 is 4.90 Å². The van der Waals surface area contributed by atoms with E-state index in [-0.39, 0.29) is 11.6 Å². The smallest absolute Gasteiger partial charge is 0.218 e. The lowest BCUT2D eigenvalue weighted by Crippen LogP contribution is -2.49. The lowest BCUT2D eigenvalue weighted by atomic mass is 10.2. The standard InChI is InChI=1S/C17H17Cl2FN2O2S/c18-16-2-1-3-17(19)15(16)12-25(23,24)22-10-8-21(9-11-22)14-6-4-13(20)5-7-14/h1-7H,8-12H2. The summed E-state index contributed by atoms with van der Waals surface area (Å²) in [4.78, 5) is 2.04. The van der Waals surface area contributed by atoms with Gasteiger partial charge in [-0.2, -0.15) is 4.31 Å². The van der Waals surface area contributed by atoms with E-state index in [0.29, 0.717) is 41.8 Å². The van der Waals surface area contributed by atoms with Crippen molar-refractivity contribution in [1.29, 1.82) is 0 Å². The number of nitrogens with zero attached hydrogens (tertiary/aromatic N) is 2. The van der Waals surface area contributed by atoms with Gasteiger partial charge in [-0.15, -0.1) is 0 Å². The Kier molecular flexibility index (Phi) is 5.53. The molecule has 8 heteroatoms. The van der Waals surface area contributed by atoms with Crippen LogP contribution in [0.5, 0.6) is 0 Å². The van der Waals surface area contributed by atoms with E-state index in [0.717, 1.165) is 5.69 Å². The van der Waals surface area contributed by atoms with Crippen LogP contribution in [0.3, 0.4) is 0 Å². The second-order valence-corrected chi connectivity index (χ2v) is 8.60. The summed E-state index contributed by atoms with van der Waals surface area (Å²) < 4.78 is 39.8. The summed E-state index contributed by atoms with van der Waals surface area (Å²) >= 11 is 12.2. The van der Waals surface area contributed by atoms with E-state index in [1.165, 1.54) is 16.4 Å². The van der Waals surface area contributed by atoms with Crippen molar-refractivity contribution < 1.29 is 12.8 Å². The quantitative estimate of drug-likeness (QED) is 0.780. The summed E-state index contributed by atoms with van der Waals surface area (Å²) in [6, 6.07) is 11.1. The third kappa shape index (κ3) is 4.26. The number of anilines is 1. The molecule has 0 N–H and O–H groups in total. The van der Waals surface area contributed by atoms with Crippen LogP contribution in [-0.2, 0) is 15.8 Å². The molecule has 4 nitrogen and oxygen atoms in total. The molecule has 25 heavy (non-hydrogen) atoms. The molecule has 1 fully saturated rings. The molecule has 0 atom stereocenters. The molecule has 0 aliphatic carbocycles. The number of benzene rings is 2. The number of sulfonamides is 1. The lowest BCUT2D eigenvalue weighted by Gasteiger charge is -2.35. The first-order chi connectivity index (χ1) is 11.9. The van der Waals surface area contributed by atoms with Crippen molar-refractivity contribution in [2.45, 2.75) is 5.75 Å². The van der Waals surface area contributed by atoms with Gasteiger partial charge in [0.15, 0.2) is 0 Å². The molecular weight excluding hydrogens is 386 g/mol. The molecule has 0 bridgehead atoms. The first-order valence-electron chi connectivity index (χ1n) is 7.78. The fourth-order valence-electron chi connectivity index (χ4n) is 2.82. The van der Waals surface area contributed by atoms with E-state index in [2.05, 4.69) is 0 Å². The maximum atomic E-state index is 13.0. The zero-order valence-electron chi connectivity index (χ0n) is 13.3. The van der Waals surface area contributed by atoms with Crippen LogP contribution in [-0.4, -0.2) is 38.9 Å². The molecule has 1 heterocycles. The van der Waals surface area contributed by atoms with Gasteiger partial charge in [-0.05, 0) is 36.4 Å². The van der Waals surface area contributed by atoms with Crippen LogP contribution in [0.2, 0.25) is 10.0 Å². The van der Waals surface area contributed by atoms with Crippen molar-refractivity contribution >= 4 is 38.9 Å². The van der Waals surface area contributed by atoms with Crippen LogP contribution in [0.4, 0.5) is 10.1 Å². The van der Waals surface area contributed by atoms with Gasteiger partial charge in [-0.3, -0.25) is 0 Å². The third-order valence-corrected chi connectivity index (χ3v) is 6.73. The van der Waals surface area contributed by atoms with Gasteiger partial charge in [0.05, 0.1) is 5.75 Å². The van der Waals surface area contributed by atoms with Crippen LogP contribution >= 0.6 is 23.2 Å². The van der Waals surface area contributed by atoms with Gasteiger partial charge in [0.1, 0.15) is 5.82 Å². The molecule has 2 aromatic carbocycles. The first kappa shape index (κ1) is 18.5. The third-order valence-electron chi connectivity index (χ3n) is 4.21. The van der Waals surface area contributed by atoms with Crippen LogP contribution in [0.25, 0.3) is 0 Å². The van der Waals surface area contributed by atoms with Crippen molar-refractivity contribution in [2.24, 2.45) is 0 Å². The minimum absolute atomic E-state index is 0.220. The Labute approximate surface area is 156 Å². The molecule has 2 aromatic rings. The predicted octanol–water partition coefficient (Wildman–Crippen LogP) is 3.78. The van der Waals surface area contributed by atoms with Crippen LogP contribution < -0.4 is 4.90 Å². The monoisotopic (exact) mass is 402 g/mol. The topological polar surface area (TPSA) is 40.6 Å². The second kappa shape index (κ2) is 7.50. The van der Waals surface area contributed by atoms with Crippen molar-refractivity contribution in [1.82, 2.24) is 4.31 Å². The minimum atomic E-state index is -3.52. The van der Waals surface area contributed by atoms with E-state index in [1.807, 2.05) is 4.90 Å². The predicted molar refractivity (Wildman–Crippen MR) is 99.3 cm³/mol. The zero-order chi connectivity index (χ0) is 18.0. The number of halogens is 3. The highest BCUT2D eigenvalue weighted by atomic mass is 35.5. The van der Waals surface area contributed by atoms with E-state index >= 15 is 0 Å². The van der Waals surface area contributed by atoms with Crippen LogP contribution in [0.15, 0.2) is 42.5 Å². The Balaban J connectivity index is 1.68. The van der Waals surface area contributed by atoms with Crippen molar-refractivity contribution in [2.75, 3.05) is 31.1 Å². The highest BCUT2D eigenvalue weighted by Crippen LogP contribution is 2.28. The highest BCUT2D eigenvalue weighted by molar-refractivity contribution is 7.88. The molecule has 0 amide bonds. The number of hydrogen-bond acceptors (Lipinski definition) is 3. The summed E-state index contributed by atoms with van der Waals surface area (Å²) in [6.45, 7) is 1.81. The molecule has 134 valence electrons. The Morgan fingerprint density at radius 1 is 0.920 bits per heavy atom. The fraction of sp³-hybridized carbons (Fsp3) is 0.294. The highest BCUT2D eigenvalue weighted by Gasteiger charge is 2.28. The van der Waals surface area contributed by atoms with Crippen LogP contribution in [0, 0.1) is 5.82 Å². The van der Waals surface area contributed by atoms with Crippen molar-refractivity contribution in [3.63, 3.8) is 0 Å². The van der Waals surface area contributed by atoms with Gasteiger partial charge >= 0.3 is 0 Å². The average Bonchev–Trinajstić information content (AvgIpc) is 2.59. The molecule has 1 aliphatic rings. The van der Waals surface area contributed by atoms with E-state index in [9.17, 15) is 12.8 Å². The Morgan fingerprint density at radius 2 is 1.48 bits per heavy atom. The summed E-state index contributed by atoms with van der Waals surface area (Å²) in [5.74, 6) is -0.510. The molecule has 0 radical (unpaired) electrons. The number of piperazine rings is 1. The molecule has 1 aliphatic heterocycles. The van der Waals surface area contributed by atoms with Gasteiger partial charge in [-0.25, -0.2) is 12.8 Å².